The van der Waals surface area contributed by atoms with Crippen molar-refractivity contribution in [3.05, 3.63) is 16.9 Å². The van der Waals surface area contributed by atoms with E-state index in [9.17, 15) is 4.79 Å². The number of anilines is 1. The zero-order valence-corrected chi connectivity index (χ0v) is 11.9. The normalized spacial score (nSPS) is 10.7. The number of esters is 1. The van der Waals surface area contributed by atoms with Crippen LogP contribution in [0.4, 0.5) is 5.82 Å². The molecular formula is C11H11ClN4O2S. The topological polar surface area (TPSA) is 91.0 Å². The maximum Gasteiger partial charge on any atom is 0.344 e. The molecule has 2 aromatic rings. The van der Waals surface area contributed by atoms with Crippen LogP contribution in [-0.4, -0.2) is 33.8 Å². The zero-order chi connectivity index (χ0) is 14.0. The number of aromatic nitrogens is 3. The van der Waals surface area contributed by atoms with Crippen LogP contribution in [-0.2, 0) is 4.74 Å². The molecule has 0 radical (unpaired) electrons. The van der Waals surface area contributed by atoms with E-state index in [1.807, 2.05) is 6.26 Å². The van der Waals surface area contributed by atoms with Gasteiger partial charge in [-0.3, -0.25) is 0 Å². The first-order valence-electron chi connectivity index (χ1n) is 5.41. The maximum absolute atomic E-state index is 11.9. The van der Waals surface area contributed by atoms with E-state index in [-0.39, 0.29) is 23.1 Å². The molecule has 6 nitrogen and oxygen atoms in total. The van der Waals surface area contributed by atoms with Gasteiger partial charge in [-0.2, -0.15) is 0 Å². The third-order valence-electron chi connectivity index (χ3n) is 2.37. The predicted octanol–water partition coefficient (Wildman–Crippen LogP) is 2.16. The summed E-state index contributed by atoms with van der Waals surface area (Å²) in [7, 11) is 0. The number of carbonyl (C=O) groups is 1. The Bertz CT molecular complexity index is 650. The fourth-order valence-electron chi connectivity index (χ4n) is 1.54. The highest BCUT2D eigenvalue weighted by Crippen LogP contribution is 2.28. The van der Waals surface area contributed by atoms with Gasteiger partial charge in [-0.05, 0) is 13.2 Å². The van der Waals surface area contributed by atoms with Crippen molar-refractivity contribution in [2.45, 2.75) is 12.1 Å². The van der Waals surface area contributed by atoms with E-state index in [0.717, 1.165) is 0 Å². The Hall–Kier alpha value is -1.60. The molecule has 0 amide bonds. The Balaban J connectivity index is 2.76. The average Bonchev–Trinajstić information content (AvgIpc) is 2.38. The number of nitrogen functional groups attached to an aromatic ring is 1. The first-order chi connectivity index (χ1) is 9.08. The van der Waals surface area contributed by atoms with Gasteiger partial charge in [0.2, 0.25) is 0 Å². The lowest BCUT2D eigenvalue weighted by Gasteiger charge is -2.09. The Morgan fingerprint density at radius 2 is 2.26 bits per heavy atom. The van der Waals surface area contributed by atoms with Crippen molar-refractivity contribution in [1.82, 2.24) is 15.0 Å². The Morgan fingerprint density at radius 3 is 2.89 bits per heavy atom. The number of halogens is 1. The average molecular weight is 299 g/mol. The van der Waals surface area contributed by atoms with Crippen molar-refractivity contribution in [3.63, 3.8) is 0 Å². The predicted molar refractivity (Wildman–Crippen MR) is 74.5 cm³/mol. The lowest BCUT2D eigenvalue weighted by molar-refractivity contribution is 0.0529. The van der Waals surface area contributed by atoms with E-state index < -0.39 is 5.97 Å². The molecule has 8 heteroatoms. The number of nitrogens with two attached hydrogens (primary N) is 1. The van der Waals surface area contributed by atoms with Gasteiger partial charge in [-0.25, -0.2) is 19.7 Å². The molecule has 0 aromatic carbocycles. The summed E-state index contributed by atoms with van der Waals surface area (Å²) in [5.74, 6) is -0.507. The van der Waals surface area contributed by atoms with E-state index in [1.165, 1.54) is 18.0 Å². The van der Waals surface area contributed by atoms with Crippen LogP contribution in [0.1, 0.15) is 17.3 Å². The fraction of sp³-hybridized carbons (Fsp3) is 0.273. The molecule has 0 aliphatic rings. The summed E-state index contributed by atoms with van der Waals surface area (Å²) >= 11 is 7.37. The Kier molecular flexibility index (Phi) is 4.06. The number of hydrogen-bond acceptors (Lipinski definition) is 7. The second-order valence-electron chi connectivity index (χ2n) is 3.50. The van der Waals surface area contributed by atoms with Gasteiger partial charge in [0.1, 0.15) is 16.5 Å². The fourth-order valence-corrected chi connectivity index (χ4v) is 2.18. The highest BCUT2D eigenvalue weighted by Gasteiger charge is 2.20. The van der Waals surface area contributed by atoms with Gasteiger partial charge in [0, 0.05) is 6.20 Å². The quantitative estimate of drug-likeness (QED) is 0.402. The van der Waals surface area contributed by atoms with Crippen LogP contribution in [0.5, 0.6) is 0 Å². The number of carbonyl (C=O) groups excluding carboxylic acids is 1. The minimum absolute atomic E-state index is 0.0627. The summed E-state index contributed by atoms with van der Waals surface area (Å²) in [5, 5.41) is 1.15. The van der Waals surface area contributed by atoms with Crippen molar-refractivity contribution in [2.75, 3.05) is 18.6 Å². The minimum atomic E-state index is -0.570. The van der Waals surface area contributed by atoms with Crippen molar-refractivity contribution < 1.29 is 9.53 Å². The van der Waals surface area contributed by atoms with E-state index in [0.29, 0.717) is 16.1 Å². The summed E-state index contributed by atoms with van der Waals surface area (Å²) in [4.78, 5) is 24.2. The molecular weight excluding hydrogens is 288 g/mol. The molecule has 2 rings (SSSR count). The van der Waals surface area contributed by atoms with Crippen molar-refractivity contribution in [2.24, 2.45) is 0 Å². The van der Waals surface area contributed by atoms with Gasteiger partial charge in [0.25, 0.3) is 0 Å². The molecule has 19 heavy (non-hydrogen) atoms. The molecule has 100 valence electrons. The highest BCUT2D eigenvalue weighted by atomic mass is 35.5. The number of ether oxygens (including phenoxy) is 1. The van der Waals surface area contributed by atoms with E-state index in [2.05, 4.69) is 15.0 Å². The van der Waals surface area contributed by atoms with Gasteiger partial charge in [0.15, 0.2) is 5.16 Å². The molecule has 0 saturated heterocycles. The SMILES string of the molecule is CCOC(=O)c1c(N)ncc2c(Cl)nc(SC)nc12. The molecule has 0 spiro atoms. The number of fused-ring (bicyclic) bond motifs is 1. The van der Waals surface area contributed by atoms with E-state index in [1.54, 1.807) is 6.92 Å². The van der Waals surface area contributed by atoms with Gasteiger partial charge >= 0.3 is 5.97 Å². The van der Waals surface area contributed by atoms with Gasteiger partial charge < -0.3 is 10.5 Å². The summed E-state index contributed by atoms with van der Waals surface area (Å²) in [5.41, 5.74) is 6.22. The van der Waals surface area contributed by atoms with Crippen LogP contribution in [0.15, 0.2) is 11.4 Å². The van der Waals surface area contributed by atoms with Crippen molar-refractivity contribution >= 4 is 46.1 Å². The number of nitrogens with zero attached hydrogens (tertiary/aromatic N) is 3. The molecule has 0 fully saturated rings. The smallest absolute Gasteiger partial charge is 0.344 e. The van der Waals surface area contributed by atoms with Gasteiger partial charge in [0.05, 0.1) is 17.5 Å². The first kappa shape index (κ1) is 13.8. The molecule has 2 aromatic heterocycles. The van der Waals surface area contributed by atoms with Crippen molar-refractivity contribution in [3.8, 4) is 0 Å². The standard InChI is InChI=1S/C11H11ClN4O2S/c1-3-18-10(17)6-7-5(4-14-9(6)13)8(12)16-11(15-7)19-2/h4H,3H2,1-2H3,(H2,13,14). The van der Waals surface area contributed by atoms with Crippen LogP contribution in [0.25, 0.3) is 10.9 Å². The van der Waals surface area contributed by atoms with E-state index >= 15 is 0 Å². The second kappa shape index (κ2) is 5.58. The monoisotopic (exact) mass is 298 g/mol. The minimum Gasteiger partial charge on any atom is -0.462 e. The van der Waals surface area contributed by atoms with Gasteiger partial charge in [-0.15, -0.1) is 0 Å². The number of hydrogen-bond donors (Lipinski definition) is 1. The summed E-state index contributed by atoms with van der Waals surface area (Å²) < 4.78 is 4.96. The molecule has 0 aliphatic carbocycles. The molecule has 2 N–H and O–H groups in total. The summed E-state index contributed by atoms with van der Waals surface area (Å²) in [6.45, 7) is 1.95. The molecule has 0 saturated carbocycles. The van der Waals surface area contributed by atoms with Crippen LogP contribution in [0.2, 0.25) is 5.15 Å². The molecule has 2 heterocycles. The van der Waals surface area contributed by atoms with Crippen LogP contribution in [0, 0.1) is 0 Å². The third-order valence-corrected chi connectivity index (χ3v) is 3.20. The highest BCUT2D eigenvalue weighted by molar-refractivity contribution is 7.98. The number of pyridine rings is 1. The van der Waals surface area contributed by atoms with Crippen molar-refractivity contribution in [1.29, 1.82) is 0 Å². The first-order valence-corrected chi connectivity index (χ1v) is 7.01. The largest absolute Gasteiger partial charge is 0.462 e. The third kappa shape index (κ3) is 2.57. The van der Waals surface area contributed by atoms with Gasteiger partial charge in [-0.1, -0.05) is 23.4 Å². The lowest BCUT2D eigenvalue weighted by atomic mass is 10.2. The molecule has 0 atom stereocenters. The Labute approximate surface area is 118 Å². The second-order valence-corrected chi connectivity index (χ2v) is 4.63. The van der Waals surface area contributed by atoms with Crippen LogP contribution >= 0.6 is 23.4 Å². The van der Waals surface area contributed by atoms with Crippen LogP contribution in [0.3, 0.4) is 0 Å². The Morgan fingerprint density at radius 1 is 1.53 bits per heavy atom. The molecule has 0 unspecified atom stereocenters. The number of thioether (sulfide) groups is 1. The summed E-state index contributed by atoms with van der Waals surface area (Å²) in [6, 6.07) is 0. The maximum atomic E-state index is 11.9. The zero-order valence-electron chi connectivity index (χ0n) is 10.3. The van der Waals surface area contributed by atoms with Crippen LogP contribution < -0.4 is 5.73 Å². The summed E-state index contributed by atoms with van der Waals surface area (Å²) in [6.07, 6.45) is 3.26. The number of rotatable bonds is 3. The molecule has 0 bridgehead atoms. The van der Waals surface area contributed by atoms with E-state index in [4.69, 9.17) is 22.1 Å². The molecule has 0 aliphatic heterocycles. The lowest BCUT2D eigenvalue weighted by Crippen LogP contribution is -2.11.